The predicted octanol–water partition coefficient (Wildman–Crippen LogP) is 1.81. The number of halogens is 1. The highest BCUT2D eigenvalue weighted by Gasteiger charge is 2.49. The molecule has 136 valence electrons. The van der Waals surface area contributed by atoms with Crippen molar-refractivity contribution in [3.8, 4) is 0 Å². The fourth-order valence-corrected chi connectivity index (χ4v) is 4.26. The van der Waals surface area contributed by atoms with E-state index in [0.29, 0.717) is 39.1 Å². The van der Waals surface area contributed by atoms with Gasteiger partial charge in [-0.1, -0.05) is 0 Å². The van der Waals surface area contributed by atoms with Gasteiger partial charge in [-0.15, -0.1) is 0 Å². The van der Waals surface area contributed by atoms with Crippen LogP contribution in [0.15, 0.2) is 18.6 Å². The van der Waals surface area contributed by atoms with Gasteiger partial charge in [-0.3, -0.25) is 9.78 Å². The monoisotopic (exact) mass is 348 g/mol. The number of piperidine rings is 1. The van der Waals surface area contributed by atoms with E-state index in [-0.39, 0.29) is 11.3 Å². The minimum absolute atomic E-state index is 0.165. The van der Waals surface area contributed by atoms with Crippen LogP contribution in [0.4, 0.5) is 10.2 Å². The topological polar surface area (TPSA) is 58.6 Å². The lowest BCUT2D eigenvalue weighted by Gasteiger charge is -2.46. The molecular weight excluding hydrogens is 323 g/mol. The molecule has 3 heterocycles. The van der Waals surface area contributed by atoms with Crippen molar-refractivity contribution in [2.75, 3.05) is 44.3 Å². The number of amides is 1. The zero-order valence-electron chi connectivity index (χ0n) is 14.5. The van der Waals surface area contributed by atoms with Crippen molar-refractivity contribution in [3.05, 3.63) is 18.6 Å². The number of carbonyl (C=O) groups is 1. The van der Waals surface area contributed by atoms with Crippen LogP contribution in [0.5, 0.6) is 0 Å². The zero-order valence-corrected chi connectivity index (χ0v) is 14.5. The van der Waals surface area contributed by atoms with E-state index >= 15 is 0 Å². The molecule has 2 aliphatic heterocycles. The van der Waals surface area contributed by atoms with Gasteiger partial charge in [0.05, 0.1) is 19.4 Å². The van der Waals surface area contributed by atoms with Gasteiger partial charge >= 0.3 is 0 Å². The first kappa shape index (κ1) is 16.7. The Morgan fingerprint density at radius 3 is 2.76 bits per heavy atom. The van der Waals surface area contributed by atoms with Crippen molar-refractivity contribution in [3.63, 3.8) is 0 Å². The maximum absolute atomic E-state index is 14.6. The lowest BCUT2D eigenvalue weighted by Crippen LogP contribution is -2.57. The highest BCUT2D eigenvalue weighted by molar-refractivity contribution is 5.86. The lowest BCUT2D eigenvalue weighted by molar-refractivity contribution is -0.154. The Bertz CT molecular complexity index is 625. The van der Waals surface area contributed by atoms with Gasteiger partial charge in [-0.2, -0.15) is 0 Å². The van der Waals surface area contributed by atoms with Gasteiger partial charge in [0, 0.05) is 44.0 Å². The summed E-state index contributed by atoms with van der Waals surface area (Å²) in [6.07, 6.45) is 8.53. The first-order chi connectivity index (χ1) is 12.1. The molecule has 0 radical (unpaired) electrons. The molecule has 0 aromatic carbocycles. The molecular formula is C18H25FN4O2. The molecule has 25 heavy (non-hydrogen) atoms. The molecule has 1 spiro atoms. The second-order valence-electron chi connectivity index (χ2n) is 7.69. The highest BCUT2D eigenvalue weighted by Crippen LogP contribution is 2.40. The van der Waals surface area contributed by atoms with Gasteiger partial charge in [0.2, 0.25) is 0 Å². The molecule has 0 N–H and O–H groups in total. The van der Waals surface area contributed by atoms with E-state index in [1.54, 1.807) is 23.5 Å². The fraction of sp³-hybridized carbons (Fsp3) is 0.722. The summed E-state index contributed by atoms with van der Waals surface area (Å²) in [4.78, 5) is 25.1. The SMILES string of the molecule is O=C(N1CCCC2(COCCN(c3cnccn3)C2)C1)C1(F)CCC1. The average Bonchev–Trinajstić information content (AvgIpc) is 2.82. The Balaban J connectivity index is 1.51. The number of aromatic nitrogens is 2. The summed E-state index contributed by atoms with van der Waals surface area (Å²) in [7, 11) is 0. The summed E-state index contributed by atoms with van der Waals surface area (Å²) in [6, 6.07) is 0. The largest absolute Gasteiger partial charge is 0.379 e. The fourth-order valence-electron chi connectivity index (χ4n) is 4.26. The minimum atomic E-state index is -1.62. The minimum Gasteiger partial charge on any atom is -0.379 e. The first-order valence-corrected chi connectivity index (χ1v) is 9.17. The van der Waals surface area contributed by atoms with Crippen LogP contribution < -0.4 is 4.90 Å². The van der Waals surface area contributed by atoms with E-state index in [0.717, 1.165) is 38.2 Å². The van der Waals surface area contributed by atoms with Gasteiger partial charge in [0.15, 0.2) is 5.67 Å². The lowest BCUT2D eigenvalue weighted by atomic mass is 9.77. The summed E-state index contributed by atoms with van der Waals surface area (Å²) in [5, 5.41) is 0. The quantitative estimate of drug-likeness (QED) is 0.816. The van der Waals surface area contributed by atoms with E-state index in [2.05, 4.69) is 14.9 Å². The van der Waals surface area contributed by atoms with E-state index in [1.807, 2.05) is 0 Å². The number of carbonyl (C=O) groups excluding carboxylic acids is 1. The number of nitrogens with zero attached hydrogens (tertiary/aromatic N) is 4. The Morgan fingerprint density at radius 2 is 2.04 bits per heavy atom. The van der Waals surface area contributed by atoms with Crippen LogP contribution in [0.25, 0.3) is 0 Å². The Hall–Kier alpha value is -1.76. The number of hydrogen-bond donors (Lipinski definition) is 0. The van der Waals surface area contributed by atoms with Gasteiger partial charge in [-0.25, -0.2) is 9.37 Å². The standard InChI is InChI=1S/C18H25FN4O2/c19-18(4-1-5-18)16(24)23-8-2-3-17(13-23)12-22(9-10-25-14-17)15-11-20-6-7-21-15/h6-7,11H,1-5,8-10,12-14H2. The van der Waals surface area contributed by atoms with E-state index in [1.165, 1.54) is 0 Å². The predicted molar refractivity (Wildman–Crippen MR) is 91.0 cm³/mol. The van der Waals surface area contributed by atoms with Gasteiger partial charge in [-0.05, 0) is 32.1 Å². The third-order valence-electron chi connectivity index (χ3n) is 5.79. The second kappa shape index (κ2) is 6.52. The number of ether oxygens (including phenoxy) is 1. The van der Waals surface area contributed by atoms with E-state index < -0.39 is 5.67 Å². The van der Waals surface area contributed by atoms with E-state index in [4.69, 9.17) is 4.74 Å². The van der Waals surface area contributed by atoms with Crippen LogP contribution >= 0.6 is 0 Å². The summed E-state index contributed by atoms with van der Waals surface area (Å²) >= 11 is 0. The van der Waals surface area contributed by atoms with Gasteiger partial charge in [0.25, 0.3) is 5.91 Å². The van der Waals surface area contributed by atoms with Crippen molar-refractivity contribution in [2.45, 2.75) is 37.8 Å². The number of alkyl halides is 1. The van der Waals surface area contributed by atoms with Crippen molar-refractivity contribution in [1.82, 2.24) is 14.9 Å². The molecule has 4 rings (SSSR count). The highest BCUT2D eigenvalue weighted by atomic mass is 19.1. The number of hydrogen-bond acceptors (Lipinski definition) is 5. The summed E-state index contributed by atoms with van der Waals surface area (Å²) in [5.74, 6) is 0.518. The summed E-state index contributed by atoms with van der Waals surface area (Å²) in [6.45, 7) is 3.95. The Morgan fingerprint density at radius 1 is 1.16 bits per heavy atom. The van der Waals surface area contributed by atoms with Crippen LogP contribution in [0.3, 0.4) is 0 Å². The molecule has 7 heteroatoms. The third kappa shape index (κ3) is 3.21. The van der Waals surface area contributed by atoms with Crippen LogP contribution in [0, 0.1) is 5.41 Å². The molecule has 1 aromatic rings. The van der Waals surface area contributed by atoms with Crippen molar-refractivity contribution < 1.29 is 13.9 Å². The number of likely N-dealkylation sites (tertiary alicyclic amines) is 1. The molecule has 1 amide bonds. The maximum Gasteiger partial charge on any atom is 0.260 e. The van der Waals surface area contributed by atoms with Crippen LogP contribution in [0.1, 0.15) is 32.1 Å². The molecule has 1 atom stereocenters. The number of rotatable bonds is 2. The molecule has 1 unspecified atom stereocenters. The first-order valence-electron chi connectivity index (χ1n) is 9.17. The molecule has 1 aromatic heterocycles. The summed E-state index contributed by atoms with van der Waals surface area (Å²) < 4.78 is 20.5. The number of anilines is 1. The molecule has 3 aliphatic rings. The summed E-state index contributed by atoms with van der Waals surface area (Å²) in [5.41, 5.74) is -1.78. The smallest absolute Gasteiger partial charge is 0.260 e. The zero-order chi connectivity index (χ0) is 17.3. The molecule has 1 aliphatic carbocycles. The normalized spacial score (nSPS) is 29.2. The Kier molecular flexibility index (Phi) is 4.35. The molecule has 6 nitrogen and oxygen atoms in total. The van der Waals surface area contributed by atoms with Crippen LogP contribution in [-0.4, -0.2) is 65.8 Å². The van der Waals surface area contributed by atoms with Crippen LogP contribution in [-0.2, 0) is 9.53 Å². The average molecular weight is 348 g/mol. The van der Waals surface area contributed by atoms with Crippen LogP contribution in [0.2, 0.25) is 0 Å². The third-order valence-corrected chi connectivity index (χ3v) is 5.79. The molecule has 0 bridgehead atoms. The second-order valence-corrected chi connectivity index (χ2v) is 7.69. The van der Waals surface area contributed by atoms with Gasteiger partial charge in [0.1, 0.15) is 5.82 Å². The van der Waals surface area contributed by atoms with Crippen molar-refractivity contribution in [1.29, 1.82) is 0 Å². The van der Waals surface area contributed by atoms with Crippen molar-refractivity contribution in [2.24, 2.45) is 5.41 Å². The Labute approximate surface area is 147 Å². The maximum atomic E-state index is 14.6. The van der Waals surface area contributed by atoms with E-state index in [9.17, 15) is 9.18 Å². The molecule has 1 saturated carbocycles. The molecule has 3 fully saturated rings. The molecule has 2 saturated heterocycles. The van der Waals surface area contributed by atoms with Gasteiger partial charge < -0.3 is 14.5 Å². The van der Waals surface area contributed by atoms with Crippen molar-refractivity contribution >= 4 is 11.7 Å².